The lowest BCUT2D eigenvalue weighted by molar-refractivity contribution is -0.137. The number of benzene rings is 4. The van der Waals surface area contributed by atoms with Gasteiger partial charge >= 0.3 is 6.18 Å². The largest absolute Gasteiger partial charge is 0.416 e. The standard InChI is InChI=1S/C31H23ClF5N5O2S/c32-22-10-6-20(7-11-22)28-25(19-4-2-1-3-5-19)16-17-42(40-28)30(39-29(38)26-15-12-23(33)18-27(26)34)41-45(43,44)24-13-8-21(9-14-24)31(35,36)37/h1-15,18,25H,16-17H2,(H2,38,39,41). The van der Waals surface area contributed by atoms with Gasteiger partial charge in [-0.05, 0) is 66.1 Å². The van der Waals surface area contributed by atoms with Crippen molar-refractivity contribution >= 4 is 39.1 Å². The molecule has 0 saturated heterocycles. The van der Waals surface area contributed by atoms with Crippen molar-refractivity contribution in [3.8, 4) is 0 Å². The second-order valence-corrected chi connectivity index (χ2v) is 11.9. The highest BCUT2D eigenvalue weighted by Crippen LogP contribution is 2.32. The molecule has 0 saturated carbocycles. The molecule has 1 aliphatic heterocycles. The van der Waals surface area contributed by atoms with Crippen molar-refractivity contribution in [1.82, 2.24) is 5.01 Å². The van der Waals surface area contributed by atoms with Gasteiger partial charge in [0.15, 0.2) is 0 Å². The first-order valence-corrected chi connectivity index (χ1v) is 15.1. The molecule has 5 rings (SSSR count). The average Bonchev–Trinajstić information content (AvgIpc) is 3.01. The van der Waals surface area contributed by atoms with Crippen LogP contribution in [0.25, 0.3) is 0 Å². The van der Waals surface area contributed by atoms with Crippen molar-refractivity contribution in [2.24, 2.45) is 20.2 Å². The second-order valence-electron chi connectivity index (χ2n) is 9.88. The van der Waals surface area contributed by atoms with E-state index in [2.05, 4.69) is 9.39 Å². The van der Waals surface area contributed by atoms with Gasteiger partial charge in [-0.25, -0.2) is 13.8 Å². The number of alkyl halides is 3. The average molecular weight is 660 g/mol. The van der Waals surface area contributed by atoms with Gasteiger partial charge in [-0.1, -0.05) is 54.1 Å². The van der Waals surface area contributed by atoms with Crippen LogP contribution >= 0.6 is 11.6 Å². The van der Waals surface area contributed by atoms with Gasteiger partial charge in [-0.3, -0.25) is 0 Å². The summed E-state index contributed by atoms with van der Waals surface area (Å²) in [5, 5.41) is 6.34. The molecule has 1 heterocycles. The van der Waals surface area contributed by atoms with E-state index >= 15 is 0 Å². The number of hydrazone groups is 1. The summed E-state index contributed by atoms with van der Waals surface area (Å²) in [6.07, 6.45) is -4.30. The van der Waals surface area contributed by atoms with Gasteiger partial charge in [0.05, 0.1) is 21.7 Å². The van der Waals surface area contributed by atoms with Crippen LogP contribution in [0.5, 0.6) is 0 Å². The minimum absolute atomic E-state index is 0.0701. The topological polar surface area (TPSA) is 100 Å². The minimum Gasteiger partial charge on any atom is -0.383 e. The van der Waals surface area contributed by atoms with E-state index in [-0.39, 0.29) is 18.0 Å². The molecule has 45 heavy (non-hydrogen) atoms. The molecule has 1 unspecified atom stereocenters. The third kappa shape index (κ3) is 7.37. The first-order valence-electron chi connectivity index (χ1n) is 13.3. The summed E-state index contributed by atoms with van der Waals surface area (Å²) in [6.45, 7) is 0.0701. The van der Waals surface area contributed by atoms with Crippen molar-refractivity contribution in [3.63, 3.8) is 0 Å². The van der Waals surface area contributed by atoms with Crippen LogP contribution in [0, 0.1) is 11.6 Å². The molecule has 0 fully saturated rings. The number of hydrogen-bond acceptors (Lipinski definition) is 3. The maximum Gasteiger partial charge on any atom is 0.416 e. The Labute approximate surface area is 260 Å². The number of halogens is 6. The minimum atomic E-state index is -4.69. The Hall–Kier alpha value is -4.62. The van der Waals surface area contributed by atoms with E-state index in [0.717, 1.165) is 29.8 Å². The van der Waals surface area contributed by atoms with Crippen molar-refractivity contribution in [3.05, 3.63) is 136 Å². The van der Waals surface area contributed by atoms with Crippen molar-refractivity contribution in [2.45, 2.75) is 23.4 Å². The van der Waals surface area contributed by atoms with Crippen LogP contribution in [0.3, 0.4) is 0 Å². The predicted octanol–water partition coefficient (Wildman–Crippen LogP) is 6.98. The first-order chi connectivity index (χ1) is 21.3. The summed E-state index contributed by atoms with van der Waals surface area (Å²) < 4.78 is 97.9. The van der Waals surface area contributed by atoms with Crippen molar-refractivity contribution in [1.29, 1.82) is 0 Å². The highest BCUT2D eigenvalue weighted by atomic mass is 35.5. The summed E-state index contributed by atoms with van der Waals surface area (Å²) in [5.41, 5.74) is 6.76. The van der Waals surface area contributed by atoms with Gasteiger partial charge in [0.1, 0.15) is 17.5 Å². The fourth-order valence-corrected chi connectivity index (χ4v) is 5.70. The molecular weight excluding hydrogens is 637 g/mol. The quantitative estimate of drug-likeness (QED) is 0.142. The number of nitrogens with zero attached hydrogens (tertiary/aromatic N) is 4. The van der Waals surface area contributed by atoms with Crippen LogP contribution in [0.4, 0.5) is 22.0 Å². The zero-order valence-electron chi connectivity index (χ0n) is 23.1. The molecular formula is C31H23ClF5N5O2S. The van der Waals surface area contributed by atoms with Gasteiger partial charge in [0, 0.05) is 23.6 Å². The van der Waals surface area contributed by atoms with Crippen molar-refractivity contribution < 1.29 is 30.4 Å². The molecule has 0 bridgehead atoms. The van der Waals surface area contributed by atoms with Gasteiger partial charge in [-0.2, -0.15) is 31.7 Å². The molecule has 2 N–H and O–H groups in total. The molecule has 0 spiro atoms. The summed E-state index contributed by atoms with van der Waals surface area (Å²) in [7, 11) is -4.69. The predicted molar refractivity (Wildman–Crippen MR) is 162 cm³/mol. The third-order valence-corrected chi connectivity index (χ3v) is 8.39. The zero-order valence-corrected chi connectivity index (χ0v) is 24.7. The molecule has 232 valence electrons. The molecule has 1 aliphatic rings. The first kappa shape index (κ1) is 31.8. The summed E-state index contributed by atoms with van der Waals surface area (Å²) in [4.78, 5) is 3.53. The Kier molecular flexibility index (Phi) is 9.03. The number of amidine groups is 1. The zero-order chi connectivity index (χ0) is 32.4. The summed E-state index contributed by atoms with van der Waals surface area (Å²) >= 11 is 6.10. The number of guanidine groups is 1. The monoisotopic (exact) mass is 659 g/mol. The van der Waals surface area contributed by atoms with Crippen LogP contribution in [0.15, 0.2) is 116 Å². The van der Waals surface area contributed by atoms with E-state index in [0.29, 0.717) is 40.9 Å². The molecule has 7 nitrogen and oxygen atoms in total. The van der Waals surface area contributed by atoms with Crippen molar-refractivity contribution in [2.75, 3.05) is 6.54 Å². The van der Waals surface area contributed by atoms with Gasteiger partial charge in [-0.15, -0.1) is 4.40 Å². The van der Waals surface area contributed by atoms with Gasteiger partial charge < -0.3 is 5.73 Å². The summed E-state index contributed by atoms with van der Waals surface area (Å²) in [6, 6.07) is 21.5. The molecule has 0 amide bonds. The Morgan fingerprint density at radius 1 is 0.933 bits per heavy atom. The molecule has 0 aliphatic carbocycles. The molecule has 0 radical (unpaired) electrons. The molecule has 4 aromatic carbocycles. The Bertz CT molecular complexity index is 1900. The Morgan fingerprint density at radius 3 is 2.22 bits per heavy atom. The molecule has 4 aromatic rings. The van der Waals surface area contributed by atoms with Crippen LogP contribution in [-0.2, 0) is 16.2 Å². The fourth-order valence-electron chi connectivity index (χ4n) is 4.64. The highest BCUT2D eigenvalue weighted by molar-refractivity contribution is 7.90. The van der Waals surface area contributed by atoms with E-state index in [4.69, 9.17) is 22.4 Å². The van der Waals surface area contributed by atoms with Gasteiger partial charge in [0.2, 0.25) is 0 Å². The number of sulfonamides is 1. The second kappa shape index (κ2) is 12.8. The fraction of sp³-hybridized carbons (Fsp3) is 0.129. The summed E-state index contributed by atoms with van der Waals surface area (Å²) in [5.74, 6) is -3.30. The van der Waals surface area contributed by atoms with Gasteiger partial charge in [0.25, 0.3) is 16.0 Å². The maximum atomic E-state index is 14.6. The van der Waals surface area contributed by atoms with E-state index in [1.54, 1.807) is 24.3 Å². The molecule has 14 heteroatoms. The SMILES string of the molecule is NC(=NC(=NS(=O)(=O)c1ccc(C(F)(F)F)cc1)N1CCC(c2ccccc2)C(c2ccc(Cl)cc2)=N1)c1ccc(F)cc1F. The Morgan fingerprint density at radius 2 is 1.60 bits per heavy atom. The maximum absolute atomic E-state index is 14.6. The van der Waals surface area contributed by atoms with E-state index in [1.165, 1.54) is 5.01 Å². The molecule has 1 atom stereocenters. The van der Waals surface area contributed by atoms with E-state index in [1.807, 2.05) is 30.3 Å². The lowest BCUT2D eigenvalue weighted by atomic mass is 9.86. The lowest BCUT2D eigenvalue weighted by Gasteiger charge is -2.30. The number of nitrogens with two attached hydrogens (primary N) is 1. The van der Waals surface area contributed by atoms with Crippen LogP contribution < -0.4 is 5.73 Å². The molecule has 0 aromatic heterocycles. The highest BCUT2D eigenvalue weighted by Gasteiger charge is 2.32. The third-order valence-electron chi connectivity index (χ3n) is 6.87. The van der Waals surface area contributed by atoms with Crippen LogP contribution in [-0.4, -0.2) is 37.5 Å². The number of hydrogen-bond donors (Lipinski definition) is 1. The number of rotatable bonds is 5. The smallest absolute Gasteiger partial charge is 0.383 e. The van der Waals surface area contributed by atoms with Crippen LogP contribution in [0.1, 0.15) is 34.6 Å². The normalized spacial score (nSPS) is 16.4. The Balaban J connectivity index is 1.65. The van der Waals surface area contributed by atoms with Crippen LogP contribution in [0.2, 0.25) is 5.02 Å². The van der Waals surface area contributed by atoms with E-state index in [9.17, 15) is 30.4 Å². The van der Waals surface area contributed by atoms with E-state index < -0.39 is 50.1 Å². The number of aliphatic imine (C=N–C) groups is 1. The lowest BCUT2D eigenvalue weighted by Crippen LogP contribution is -2.36.